The monoisotopic (exact) mass is 286 g/mol. The molecule has 1 N–H and O–H groups in total. The zero-order chi connectivity index (χ0) is 14.7. The zero-order valence-electron chi connectivity index (χ0n) is 11.3. The molecule has 2 fully saturated rings. The van der Waals surface area contributed by atoms with Crippen LogP contribution < -0.4 is 0 Å². The van der Waals surface area contributed by atoms with Gasteiger partial charge < -0.3 is 24.4 Å². The Morgan fingerprint density at radius 2 is 1.90 bits per heavy atom. The average Bonchev–Trinajstić information content (AvgIpc) is 2.95. The van der Waals surface area contributed by atoms with E-state index in [9.17, 15) is 14.4 Å². The number of carboxylic acids is 1. The van der Waals surface area contributed by atoms with E-state index in [-0.39, 0.29) is 13.2 Å². The van der Waals surface area contributed by atoms with E-state index in [1.54, 1.807) is 0 Å². The van der Waals surface area contributed by atoms with Crippen LogP contribution in [0.2, 0.25) is 0 Å². The molecule has 0 bridgehead atoms. The number of nitrogens with zero attached hydrogens (tertiary/aromatic N) is 2. The minimum absolute atomic E-state index is 0.0734. The summed E-state index contributed by atoms with van der Waals surface area (Å²) in [4.78, 5) is 37.9. The molecule has 2 amide bonds. The molecule has 2 heterocycles. The number of methoxy groups -OCH3 is 1. The molecule has 0 saturated carbocycles. The summed E-state index contributed by atoms with van der Waals surface area (Å²) in [6.07, 6.45) is 1.09. The van der Waals surface area contributed by atoms with Crippen LogP contribution in [-0.2, 0) is 19.1 Å². The van der Waals surface area contributed by atoms with Crippen molar-refractivity contribution >= 4 is 18.0 Å². The Balaban J connectivity index is 2.13. The molecule has 0 aromatic carbocycles. The van der Waals surface area contributed by atoms with Crippen LogP contribution in [-0.4, -0.2) is 78.4 Å². The van der Waals surface area contributed by atoms with Gasteiger partial charge in [0.25, 0.3) is 0 Å². The maximum absolute atomic E-state index is 12.5. The van der Waals surface area contributed by atoms with Crippen molar-refractivity contribution in [3.05, 3.63) is 0 Å². The van der Waals surface area contributed by atoms with Crippen molar-refractivity contribution in [2.24, 2.45) is 0 Å². The third kappa shape index (κ3) is 2.69. The summed E-state index contributed by atoms with van der Waals surface area (Å²) in [6, 6.07) is -2.06. The van der Waals surface area contributed by atoms with Crippen LogP contribution in [0.1, 0.15) is 12.8 Å². The normalized spacial score (nSPS) is 26.4. The van der Waals surface area contributed by atoms with E-state index < -0.39 is 30.1 Å². The fourth-order valence-corrected chi connectivity index (χ4v) is 2.58. The quantitative estimate of drug-likeness (QED) is 0.689. The van der Waals surface area contributed by atoms with Gasteiger partial charge >= 0.3 is 18.0 Å². The first-order chi connectivity index (χ1) is 9.56. The molecule has 8 nitrogen and oxygen atoms in total. The lowest BCUT2D eigenvalue weighted by Crippen LogP contribution is -2.58. The summed E-state index contributed by atoms with van der Waals surface area (Å²) in [5, 5.41) is 9.12. The Kier molecular flexibility index (Phi) is 4.43. The van der Waals surface area contributed by atoms with Crippen molar-refractivity contribution in [1.29, 1.82) is 0 Å². The Hall–Kier alpha value is -1.83. The largest absolute Gasteiger partial charge is 0.480 e. The van der Waals surface area contributed by atoms with Crippen molar-refractivity contribution in [2.45, 2.75) is 24.9 Å². The fraction of sp³-hybridized carbons (Fsp3) is 0.750. The van der Waals surface area contributed by atoms with Crippen molar-refractivity contribution in [2.75, 3.05) is 33.4 Å². The summed E-state index contributed by atoms with van der Waals surface area (Å²) in [7, 11) is 1.25. The lowest BCUT2D eigenvalue weighted by molar-refractivity contribution is -0.151. The molecule has 2 atom stereocenters. The number of hydrogen-bond acceptors (Lipinski definition) is 5. The van der Waals surface area contributed by atoms with Gasteiger partial charge in [-0.25, -0.2) is 14.4 Å². The van der Waals surface area contributed by atoms with Gasteiger partial charge in [-0.2, -0.15) is 0 Å². The topological polar surface area (TPSA) is 96.4 Å². The van der Waals surface area contributed by atoms with Gasteiger partial charge in [-0.05, 0) is 12.8 Å². The van der Waals surface area contributed by atoms with E-state index >= 15 is 0 Å². The fourth-order valence-electron chi connectivity index (χ4n) is 2.58. The molecule has 2 aliphatic heterocycles. The number of urea groups is 1. The lowest BCUT2D eigenvalue weighted by Gasteiger charge is -2.37. The number of morpholine rings is 1. The molecule has 112 valence electrons. The Morgan fingerprint density at radius 1 is 1.20 bits per heavy atom. The Bertz CT molecular complexity index is 413. The Morgan fingerprint density at radius 3 is 2.55 bits per heavy atom. The summed E-state index contributed by atoms with van der Waals surface area (Å²) < 4.78 is 9.85. The second-order valence-electron chi connectivity index (χ2n) is 4.78. The molecule has 2 unspecified atom stereocenters. The molecule has 8 heteroatoms. The van der Waals surface area contributed by atoms with E-state index in [2.05, 4.69) is 4.74 Å². The SMILES string of the molecule is COC(=O)C1COCCN1C(=O)N1CCCC1C(=O)O. The summed E-state index contributed by atoms with van der Waals surface area (Å²) >= 11 is 0. The predicted octanol–water partition coefficient (Wildman–Crippen LogP) is -0.471. The van der Waals surface area contributed by atoms with Gasteiger partial charge in [-0.3, -0.25) is 0 Å². The van der Waals surface area contributed by atoms with E-state index in [1.165, 1.54) is 16.9 Å². The molecule has 0 radical (unpaired) electrons. The van der Waals surface area contributed by atoms with Gasteiger partial charge in [-0.15, -0.1) is 0 Å². The van der Waals surface area contributed by atoms with Gasteiger partial charge in [0.1, 0.15) is 6.04 Å². The van der Waals surface area contributed by atoms with Crippen LogP contribution in [0.3, 0.4) is 0 Å². The number of esters is 1. The lowest BCUT2D eigenvalue weighted by atomic mass is 10.2. The van der Waals surface area contributed by atoms with E-state index in [1.807, 2.05) is 0 Å². The smallest absolute Gasteiger partial charge is 0.331 e. The molecule has 2 aliphatic rings. The first-order valence-electron chi connectivity index (χ1n) is 6.52. The first kappa shape index (κ1) is 14.6. The second kappa shape index (κ2) is 6.08. The maximum atomic E-state index is 12.5. The minimum atomic E-state index is -1.02. The van der Waals surface area contributed by atoms with Crippen molar-refractivity contribution < 1.29 is 29.0 Å². The Labute approximate surface area is 116 Å². The second-order valence-corrected chi connectivity index (χ2v) is 4.78. The number of ether oxygens (including phenoxy) is 2. The van der Waals surface area contributed by atoms with Crippen molar-refractivity contribution in [1.82, 2.24) is 9.80 Å². The average molecular weight is 286 g/mol. The van der Waals surface area contributed by atoms with Gasteiger partial charge in [0.2, 0.25) is 0 Å². The molecule has 2 saturated heterocycles. The third-order valence-corrected chi connectivity index (χ3v) is 3.63. The first-order valence-corrected chi connectivity index (χ1v) is 6.52. The number of hydrogen-bond donors (Lipinski definition) is 1. The molecular weight excluding hydrogens is 268 g/mol. The highest BCUT2D eigenvalue weighted by atomic mass is 16.5. The van der Waals surface area contributed by atoms with Crippen molar-refractivity contribution in [3.63, 3.8) is 0 Å². The molecule has 0 spiro atoms. The maximum Gasteiger partial charge on any atom is 0.331 e. The summed E-state index contributed by atoms with van der Waals surface area (Å²) in [5.41, 5.74) is 0. The number of carbonyl (C=O) groups is 3. The minimum Gasteiger partial charge on any atom is -0.480 e. The zero-order valence-corrected chi connectivity index (χ0v) is 11.3. The predicted molar refractivity (Wildman–Crippen MR) is 66.1 cm³/mol. The van der Waals surface area contributed by atoms with Gasteiger partial charge in [0.15, 0.2) is 6.04 Å². The number of aliphatic carboxylic acids is 1. The van der Waals surface area contributed by atoms with Crippen LogP contribution in [0.15, 0.2) is 0 Å². The summed E-state index contributed by atoms with van der Waals surface area (Å²) in [5.74, 6) is -1.57. The number of likely N-dealkylation sites (tertiary alicyclic amines) is 1. The molecule has 0 aromatic rings. The van der Waals surface area contributed by atoms with E-state index in [4.69, 9.17) is 9.84 Å². The summed E-state index contributed by atoms with van der Waals surface area (Å²) in [6.45, 7) is 1.04. The highest BCUT2D eigenvalue weighted by Crippen LogP contribution is 2.21. The standard InChI is InChI=1S/C12H18N2O6/c1-19-11(17)9-7-20-6-5-14(9)12(18)13-4-2-3-8(13)10(15)16/h8-9H,2-7H2,1H3,(H,15,16). The number of carboxylic acid groups (broad SMARTS) is 1. The van der Waals surface area contributed by atoms with Crippen LogP contribution in [0.5, 0.6) is 0 Å². The number of rotatable bonds is 2. The van der Waals surface area contributed by atoms with E-state index in [0.29, 0.717) is 26.0 Å². The van der Waals surface area contributed by atoms with Crippen molar-refractivity contribution in [3.8, 4) is 0 Å². The van der Waals surface area contributed by atoms with Crippen LogP contribution >= 0.6 is 0 Å². The van der Waals surface area contributed by atoms with E-state index in [0.717, 1.165) is 0 Å². The number of carbonyl (C=O) groups excluding carboxylic acids is 2. The molecular formula is C12H18N2O6. The van der Waals surface area contributed by atoms with Gasteiger partial charge in [0, 0.05) is 13.1 Å². The number of amides is 2. The van der Waals surface area contributed by atoms with Crippen LogP contribution in [0, 0.1) is 0 Å². The molecule has 20 heavy (non-hydrogen) atoms. The highest BCUT2D eigenvalue weighted by molar-refractivity contribution is 5.87. The van der Waals surface area contributed by atoms with Gasteiger partial charge in [0.05, 0.1) is 20.3 Å². The van der Waals surface area contributed by atoms with Gasteiger partial charge in [-0.1, -0.05) is 0 Å². The van der Waals surface area contributed by atoms with Crippen LogP contribution in [0.25, 0.3) is 0 Å². The third-order valence-electron chi connectivity index (χ3n) is 3.63. The highest BCUT2D eigenvalue weighted by Gasteiger charge is 2.41. The molecule has 0 aliphatic carbocycles. The molecule has 2 rings (SSSR count). The van der Waals surface area contributed by atoms with Crippen LogP contribution in [0.4, 0.5) is 4.79 Å². The molecule has 0 aromatic heterocycles.